The van der Waals surface area contributed by atoms with E-state index in [0.29, 0.717) is 0 Å². The Morgan fingerprint density at radius 3 is 1.00 bits per heavy atom. The third-order valence-corrected chi connectivity index (χ3v) is 0. The van der Waals surface area contributed by atoms with Gasteiger partial charge in [-0.25, -0.2) is 0 Å². The third-order valence-electron chi connectivity index (χ3n) is 0. The van der Waals surface area contributed by atoms with Crippen LogP contribution in [0.1, 0.15) is 0 Å². The molecule has 23 valence electrons. The second-order valence-electron chi connectivity index (χ2n) is 0. The van der Waals surface area contributed by atoms with E-state index in [4.69, 9.17) is 0 Å². The predicted octanol–water partition coefficient (Wildman–Crippen LogP) is -1.21. The Morgan fingerprint density at radius 1 is 1.00 bits per heavy atom. The average Bonchev–Trinajstić information content (AvgIpc) is 0. The molecule has 0 bridgehead atoms. The van der Waals surface area contributed by atoms with Gasteiger partial charge in [0.1, 0.15) is 0 Å². The first kappa shape index (κ1) is 26.6. The molecular formula is H2CuKLaO. The Balaban J connectivity index is 0. The molecule has 0 aromatic carbocycles. The van der Waals surface area contributed by atoms with Crippen LogP contribution in [0.2, 0.25) is 0 Å². The van der Waals surface area contributed by atoms with Crippen LogP contribution < -0.4 is 0 Å². The molecule has 0 fully saturated rings. The van der Waals surface area contributed by atoms with E-state index in [1.807, 2.05) is 0 Å². The summed E-state index contributed by atoms with van der Waals surface area (Å²) in [4.78, 5) is 0. The Labute approximate surface area is 106 Å². The fourth-order valence-corrected chi connectivity index (χ4v) is 0. The molecule has 0 aliphatic heterocycles. The van der Waals surface area contributed by atoms with E-state index >= 15 is 0 Å². The van der Waals surface area contributed by atoms with Gasteiger partial charge in [-0.1, -0.05) is 0 Å². The molecule has 3 radical (unpaired) electrons. The van der Waals surface area contributed by atoms with E-state index in [2.05, 4.69) is 0 Å². The average molecular weight is 260 g/mol. The first-order chi connectivity index (χ1) is 0. The van der Waals surface area contributed by atoms with Crippen molar-refractivity contribution in [2.45, 2.75) is 0 Å². The minimum absolute atomic E-state index is 0. The van der Waals surface area contributed by atoms with Crippen molar-refractivity contribution >= 4 is 51.4 Å². The zero-order chi connectivity index (χ0) is 0. The van der Waals surface area contributed by atoms with Crippen molar-refractivity contribution < 1.29 is 58.1 Å². The van der Waals surface area contributed by atoms with Crippen LogP contribution in [-0.4, -0.2) is 56.9 Å². The van der Waals surface area contributed by atoms with Crippen LogP contribution in [0.15, 0.2) is 0 Å². The quantitative estimate of drug-likeness (QED) is 0.489. The molecule has 4 heavy (non-hydrogen) atoms. The number of hydrogen-bond donors (Lipinski definition) is 0. The van der Waals surface area contributed by atoms with Crippen molar-refractivity contribution in [1.82, 2.24) is 0 Å². The van der Waals surface area contributed by atoms with Crippen LogP contribution in [0.3, 0.4) is 0 Å². The number of rotatable bonds is 0. The Hall–Kier alpha value is 3.31. The van der Waals surface area contributed by atoms with Gasteiger partial charge < -0.3 is 5.48 Å². The summed E-state index contributed by atoms with van der Waals surface area (Å²) in [6, 6.07) is 0. The molecule has 0 unspecified atom stereocenters. The fourth-order valence-electron chi connectivity index (χ4n) is 0. The van der Waals surface area contributed by atoms with Crippen molar-refractivity contribution in [1.29, 1.82) is 0 Å². The smallest absolute Gasteiger partial charge is 0 e. The van der Waals surface area contributed by atoms with Crippen LogP contribution in [0.4, 0.5) is 0 Å². The summed E-state index contributed by atoms with van der Waals surface area (Å²) in [5, 5.41) is 0. The standard InChI is InChI=1S/Cu.K.La.H2O/h;;;1H2. The van der Waals surface area contributed by atoms with Gasteiger partial charge in [-0.05, 0) is 0 Å². The molecule has 0 saturated heterocycles. The van der Waals surface area contributed by atoms with Gasteiger partial charge in [-0.3, -0.25) is 0 Å². The molecule has 0 amide bonds. The van der Waals surface area contributed by atoms with Crippen molar-refractivity contribution in [3.05, 3.63) is 0 Å². The van der Waals surface area contributed by atoms with Gasteiger partial charge in [0.25, 0.3) is 0 Å². The maximum atomic E-state index is 0. The van der Waals surface area contributed by atoms with Gasteiger partial charge in [0.2, 0.25) is 0 Å². The van der Waals surface area contributed by atoms with Crippen LogP contribution >= 0.6 is 0 Å². The Morgan fingerprint density at radius 2 is 1.00 bits per heavy atom. The zero-order valence-electron chi connectivity index (χ0n) is 2.38. The molecule has 1 nitrogen and oxygen atoms in total. The molecule has 0 rings (SSSR count). The van der Waals surface area contributed by atoms with E-state index in [1.54, 1.807) is 0 Å². The van der Waals surface area contributed by atoms with Gasteiger partial charge in [0.05, 0.1) is 0 Å². The zero-order valence-corrected chi connectivity index (χ0v) is 10.1. The van der Waals surface area contributed by atoms with Gasteiger partial charge in [0.15, 0.2) is 0 Å². The van der Waals surface area contributed by atoms with E-state index in [9.17, 15) is 0 Å². The summed E-state index contributed by atoms with van der Waals surface area (Å²) in [5.74, 6) is 0. The summed E-state index contributed by atoms with van der Waals surface area (Å²) in [6.45, 7) is 0. The molecule has 0 heterocycles. The van der Waals surface area contributed by atoms with Crippen molar-refractivity contribution in [3.8, 4) is 0 Å². The van der Waals surface area contributed by atoms with Crippen LogP contribution in [0.5, 0.6) is 0 Å². The third kappa shape index (κ3) is 9.00. The van der Waals surface area contributed by atoms with Gasteiger partial charge >= 0.3 is 0 Å². The van der Waals surface area contributed by atoms with E-state index in [-0.39, 0.29) is 110 Å². The van der Waals surface area contributed by atoms with Crippen molar-refractivity contribution in [3.63, 3.8) is 0 Å². The Bertz CT molecular complexity index is 8.00. The second-order valence-corrected chi connectivity index (χ2v) is 0. The molecule has 0 aliphatic rings. The molecule has 0 atom stereocenters. The summed E-state index contributed by atoms with van der Waals surface area (Å²) >= 11 is 0. The van der Waals surface area contributed by atoms with Crippen LogP contribution in [-0.2, 0) is 17.1 Å². The molecule has 4 heteroatoms. The van der Waals surface area contributed by atoms with Gasteiger partial charge in [0, 0.05) is 104 Å². The molecule has 2 N–H and O–H groups in total. The summed E-state index contributed by atoms with van der Waals surface area (Å²) < 4.78 is 0. The molecule has 0 aliphatic carbocycles. The fraction of sp³-hybridized carbons (Fsp3) is 0. The normalized spacial score (nSPS) is 0. The van der Waals surface area contributed by atoms with Gasteiger partial charge in [-0.15, -0.1) is 0 Å². The minimum atomic E-state index is 0. The van der Waals surface area contributed by atoms with E-state index < -0.39 is 0 Å². The summed E-state index contributed by atoms with van der Waals surface area (Å²) in [5.41, 5.74) is 0. The monoisotopic (exact) mass is 259 g/mol. The first-order valence-corrected chi connectivity index (χ1v) is 0. The van der Waals surface area contributed by atoms with E-state index in [1.165, 1.54) is 0 Å². The van der Waals surface area contributed by atoms with Crippen LogP contribution in [0.25, 0.3) is 0 Å². The predicted molar refractivity (Wildman–Crippen MR) is 9.37 cm³/mol. The molecule has 0 saturated carbocycles. The minimum Gasteiger partial charge on any atom is -0.412 e. The maximum absolute atomic E-state index is 0. The molecule has 0 spiro atoms. The maximum Gasteiger partial charge on any atom is 0 e. The van der Waals surface area contributed by atoms with E-state index in [0.717, 1.165) is 0 Å². The van der Waals surface area contributed by atoms with Gasteiger partial charge in [-0.2, -0.15) is 0 Å². The molecule has 0 aromatic rings. The first-order valence-electron chi connectivity index (χ1n) is 0. The second kappa shape index (κ2) is 16.2. The molecule has 0 aromatic heterocycles. The van der Waals surface area contributed by atoms with Crippen molar-refractivity contribution in [2.75, 3.05) is 0 Å². The Kier molecular flexibility index (Phi) is 108. The topological polar surface area (TPSA) is 31.5 Å². The summed E-state index contributed by atoms with van der Waals surface area (Å²) in [7, 11) is 0. The largest absolute Gasteiger partial charge is 0.412 e. The van der Waals surface area contributed by atoms with Crippen LogP contribution in [0, 0.1) is 35.6 Å². The number of hydrogen-bond acceptors (Lipinski definition) is 0. The molecular weight excluding hydrogens is 258 g/mol. The van der Waals surface area contributed by atoms with Crippen molar-refractivity contribution in [2.24, 2.45) is 0 Å². The summed E-state index contributed by atoms with van der Waals surface area (Å²) in [6.07, 6.45) is 0. The SMILES string of the molecule is O.[Cu].[K].[La].